The first-order chi connectivity index (χ1) is 10.6. The van der Waals surface area contributed by atoms with Gasteiger partial charge in [-0.1, -0.05) is 35.6 Å². The summed E-state index contributed by atoms with van der Waals surface area (Å²) in [6, 6.07) is 17.5. The van der Waals surface area contributed by atoms with Crippen molar-refractivity contribution in [2.75, 3.05) is 5.32 Å². The number of aromatic nitrogens is 1. The van der Waals surface area contributed by atoms with Gasteiger partial charge in [0.2, 0.25) is 5.52 Å². The van der Waals surface area contributed by atoms with Gasteiger partial charge in [0.25, 0.3) is 5.01 Å². The molecule has 0 aliphatic rings. The molecular weight excluding hydrogens is 415 g/mol. The summed E-state index contributed by atoms with van der Waals surface area (Å²) in [4.78, 5) is 0. The third kappa shape index (κ3) is 4.32. The molecule has 0 atom stereocenters. The average Bonchev–Trinajstić information content (AvgIpc) is 2.83. The Balaban J connectivity index is 0.00000192. The van der Waals surface area contributed by atoms with E-state index in [1.165, 1.54) is 26.5 Å². The van der Waals surface area contributed by atoms with Crippen LogP contribution in [-0.4, -0.2) is 6.04 Å². The molecule has 0 bridgehead atoms. The van der Waals surface area contributed by atoms with Crippen LogP contribution in [0.3, 0.4) is 0 Å². The van der Waals surface area contributed by atoms with Gasteiger partial charge in [-0.2, -0.15) is 4.57 Å². The molecule has 3 aromatic rings. The van der Waals surface area contributed by atoms with Crippen LogP contribution in [0.5, 0.6) is 0 Å². The predicted molar refractivity (Wildman–Crippen MR) is 97.1 cm³/mol. The second kappa shape index (κ2) is 7.93. The Morgan fingerprint density at radius 1 is 1.00 bits per heavy atom. The van der Waals surface area contributed by atoms with Crippen LogP contribution in [0.1, 0.15) is 24.4 Å². The van der Waals surface area contributed by atoms with E-state index in [4.69, 9.17) is 0 Å². The molecule has 0 saturated heterocycles. The van der Waals surface area contributed by atoms with E-state index in [2.05, 4.69) is 91.5 Å². The Kier molecular flexibility index (Phi) is 6.18. The van der Waals surface area contributed by atoms with Crippen LogP contribution in [0.25, 0.3) is 22.4 Å². The van der Waals surface area contributed by atoms with Gasteiger partial charge in [-0.25, -0.2) is 0 Å². The molecule has 1 aromatic heterocycles. The largest absolute Gasteiger partial charge is 1.00 e. The number of benzene rings is 2. The maximum Gasteiger partial charge on any atom is 0.262 e. The highest BCUT2D eigenvalue weighted by Crippen LogP contribution is 2.21. The molecular formula is C19H21IN2S. The third-order valence-corrected chi connectivity index (χ3v) is 4.74. The van der Waals surface area contributed by atoms with Crippen LogP contribution in [0.2, 0.25) is 0 Å². The van der Waals surface area contributed by atoms with Crippen LogP contribution < -0.4 is 33.9 Å². The number of rotatable bonds is 4. The Hall–Kier alpha value is -1.40. The van der Waals surface area contributed by atoms with Crippen molar-refractivity contribution < 1.29 is 28.5 Å². The van der Waals surface area contributed by atoms with Crippen LogP contribution in [0, 0.1) is 0 Å². The number of halogens is 1. The summed E-state index contributed by atoms with van der Waals surface area (Å²) in [5, 5.41) is 4.66. The van der Waals surface area contributed by atoms with E-state index in [0.717, 1.165) is 0 Å². The van der Waals surface area contributed by atoms with Crippen LogP contribution in [-0.2, 0) is 7.05 Å². The van der Waals surface area contributed by atoms with Gasteiger partial charge in [-0.15, -0.1) is 0 Å². The van der Waals surface area contributed by atoms with Gasteiger partial charge in [0.15, 0.2) is 0 Å². The van der Waals surface area contributed by atoms with Crippen molar-refractivity contribution in [1.82, 2.24) is 0 Å². The van der Waals surface area contributed by atoms with Gasteiger partial charge in [0, 0.05) is 23.9 Å². The van der Waals surface area contributed by atoms with Gasteiger partial charge >= 0.3 is 0 Å². The fourth-order valence-electron chi connectivity index (χ4n) is 2.46. The lowest BCUT2D eigenvalue weighted by Crippen LogP contribution is -3.00. The summed E-state index contributed by atoms with van der Waals surface area (Å²) >= 11 is 1.82. The lowest BCUT2D eigenvalue weighted by molar-refractivity contribution is -0.642. The molecule has 0 unspecified atom stereocenters. The Bertz CT molecular complexity index is 804. The minimum absolute atomic E-state index is 0. The Morgan fingerprint density at radius 2 is 1.70 bits per heavy atom. The monoisotopic (exact) mass is 436 g/mol. The minimum Gasteiger partial charge on any atom is -1.00 e. The summed E-state index contributed by atoms with van der Waals surface area (Å²) in [5.41, 5.74) is 3.66. The molecule has 120 valence electrons. The lowest BCUT2D eigenvalue weighted by Gasteiger charge is -2.09. The number of nitrogens with zero attached hydrogens (tertiary/aromatic N) is 1. The molecule has 2 aromatic carbocycles. The van der Waals surface area contributed by atoms with Gasteiger partial charge in [0.05, 0.1) is 0 Å². The van der Waals surface area contributed by atoms with Gasteiger partial charge in [0.1, 0.15) is 11.7 Å². The number of hydrogen-bond donors (Lipinski definition) is 1. The molecule has 1 N–H and O–H groups in total. The summed E-state index contributed by atoms with van der Waals surface area (Å²) in [6.07, 6.45) is 4.36. The smallest absolute Gasteiger partial charge is 0.262 e. The van der Waals surface area contributed by atoms with Crippen molar-refractivity contribution in [1.29, 1.82) is 0 Å². The molecule has 0 spiro atoms. The van der Waals surface area contributed by atoms with Crippen molar-refractivity contribution in [3.8, 4) is 0 Å². The Morgan fingerprint density at radius 3 is 2.35 bits per heavy atom. The highest BCUT2D eigenvalue weighted by molar-refractivity contribution is 7.18. The topological polar surface area (TPSA) is 15.9 Å². The fraction of sp³-hybridized carbons (Fsp3) is 0.211. The number of fused-ring (bicyclic) bond motifs is 1. The second-order valence-corrected chi connectivity index (χ2v) is 6.78. The van der Waals surface area contributed by atoms with E-state index < -0.39 is 0 Å². The summed E-state index contributed by atoms with van der Waals surface area (Å²) in [6.45, 7) is 4.30. The van der Waals surface area contributed by atoms with Gasteiger partial charge in [-0.3, -0.25) is 0 Å². The zero-order chi connectivity index (χ0) is 15.5. The Labute approximate surface area is 158 Å². The van der Waals surface area contributed by atoms with Crippen molar-refractivity contribution >= 4 is 39.4 Å². The first-order valence-corrected chi connectivity index (χ1v) is 8.37. The number of hydrogen-bond acceptors (Lipinski definition) is 2. The summed E-state index contributed by atoms with van der Waals surface area (Å²) < 4.78 is 3.56. The standard InChI is InChI=1S/C19H20N2S.HI/c1-14(2)20-16-11-8-15(9-12-16)10-13-19-21(3)17-6-4-5-7-18(17)22-19;/h4-14H,1-3H3;1H. The maximum absolute atomic E-state index is 3.41. The molecule has 4 heteroatoms. The molecule has 23 heavy (non-hydrogen) atoms. The molecule has 3 rings (SSSR count). The van der Waals surface area contributed by atoms with Crippen molar-refractivity contribution in [2.45, 2.75) is 19.9 Å². The number of thiazole rings is 1. The van der Waals surface area contributed by atoms with Crippen molar-refractivity contribution in [3.05, 3.63) is 59.1 Å². The minimum atomic E-state index is 0. The van der Waals surface area contributed by atoms with E-state index in [-0.39, 0.29) is 24.0 Å². The molecule has 0 amide bonds. The maximum atomic E-state index is 3.41. The predicted octanol–water partition coefficient (Wildman–Crippen LogP) is 1.72. The second-order valence-electron chi connectivity index (χ2n) is 5.72. The molecule has 0 aliphatic heterocycles. The van der Waals surface area contributed by atoms with Gasteiger partial charge in [-0.05, 0) is 43.7 Å². The summed E-state index contributed by atoms with van der Waals surface area (Å²) in [7, 11) is 2.12. The van der Waals surface area contributed by atoms with Crippen molar-refractivity contribution in [3.63, 3.8) is 0 Å². The highest BCUT2D eigenvalue weighted by atomic mass is 127. The van der Waals surface area contributed by atoms with E-state index in [1.54, 1.807) is 0 Å². The zero-order valence-electron chi connectivity index (χ0n) is 13.6. The summed E-state index contributed by atoms with van der Waals surface area (Å²) in [5.74, 6) is 0. The van der Waals surface area contributed by atoms with Crippen molar-refractivity contribution in [2.24, 2.45) is 7.05 Å². The molecule has 1 heterocycles. The average molecular weight is 436 g/mol. The zero-order valence-corrected chi connectivity index (χ0v) is 16.6. The number of anilines is 1. The van der Waals surface area contributed by atoms with Crippen LogP contribution >= 0.6 is 11.3 Å². The van der Waals surface area contributed by atoms with Gasteiger partial charge < -0.3 is 29.3 Å². The quantitative estimate of drug-likeness (QED) is 0.487. The third-order valence-electron chi connectivity index (χ3n) is 3.56. The molecule has 0 fully saturated rings. The van der Waals surface area contributed by atoms with E-state index in [0.29, 0.717) is 6.04 Å². The molecule has 0 radical (unpaired) electrons. The molecule has 0 saturated carbocycles. The number of nitrogens with one attached hydrogen (secondary N) is 1. The highest BCUT2D eigenvalue weighted by Gasteiger charge is 2.13. The number of para-hydroxylation sites is 1. The van der Waals surface area contributed by atoms with E-state index >= 15 is 0 Å². The van der Waals surface area contributed by atoms with Crippen LogP contribution in [0.15, 0.2) is 48.5 Å². The van der Waals surface area contributed by atoms with E-state index in [1.807, 2.05) is 11.3 Å². The van der Waals surface area contributed by atoms with Crippen LogP contribution in [0.4, 0.5) is 5.69 Å². The molecule has 0 aliphatic carbocycles. The normalized spacial score (nSPS) is 11.1. The SMILES string of the molecule is CC(C)Nc1ccc(/C=C/c2sc3ccccc3[n+]2C)cc1.[I-]. The molecule has 2 nitrogen and oxygen atoms in total. The lowest BCUT2D eigenvalue weighted by atomic mass is 10.2. The van der Waals surface area contributed by atoms with E-state index in [9.17, 15) is 0 Å². The first-order valence-electron chi connectivity index (χ1n) is 7.56. The first kappa shape index (κ1) is 17.9. The fourth-order valence-corrected chi connectivity index (χ4v) is 3.51. The number of aryl methyl sites for hydroxylation is 1.